The van der Waals surface area contributed by atoms with Gasteiger partial charge in [-0.15, -0.1) is 0 Å². The molecule has 1 aromatic carbocycles. The normalized spacial score (nSPS) is 26.3. The minimum Gasteiger partial charge on any atom is -0.388 e. The van der Waals surface area contributed by atoms with Crippen LogP contribution in [0.2, 0.25) is 0 Å². The molecule has 1 fully saturated rings. The summed E-state index contributed by atoms with van der Waals surface area (Å²) in [6, 6.07) is 5.70. The molecule has 1 aliphatic carbocycles. The van der Waals surface area contributed by atoms with E-state index in [2.05, 4.69) is 12.2 Å². The van der Waals surface area contributed by atoms with E-state index in [1.807, 2.05) is 32.0 Å². The lowest BCUT2D eigenvalue weighted by Gasteiger charge is -2.35. The van der Waals surface area contributed by atoms with Crippen LogP contribution in [0.1, 0.15) is 54.1 Å². The van der Waals surface area contributed by atoms with Crippen molar-refractivity contribution in [2.45, 2.75) is 52.1 Å². The van der Waals surface area contributed by atoms with E-state index in [1.165, 1.54) is 12.0 Å². The molecular weight excluding hydrogens is 250 g/mol. The number of carbonyl (C=O) groups excluding carboxylic acids is 1. The third-order valence-electron chi connectivity index (χ3n) is 4.41. The Labute approximate surface area is 121 Å². The third-order valence-corrected chi connectivity index (χ3v) is 4.41. The molecule has 3 nitrogen and oxygen atoms in total. The first-order chi connectivity index (χ1) is 9.39. The molecule has 1 aromatic rings. The van der Waals surface area contributed by atoms with Gasteiger partial charge >= 0.3 is 0 Å². The van der Waals surface area contributed by atoms with Gasteiger partial charge in [-0.25, -0.2) is 0 Å². The molecule has 110 valence electrons. The summed E-state index contributed by atoms with van der Waals surface area (Å²) < 4.78 is 0. The van der Waals surface area contributed by atoms with E-state index in [0.29, 0.717) is 18.0 Å². The van der Waals surface area contributed by atoms with Gasteiger partial charge in [-0.3, -0.25) is 4.79 Å². The second-order valence-electron chi connectivity index (χ2n) is 6.41. The van der Waals surface area contributed by atoms with Gasteiger partial charge in [0.1, 0.15) is 0 Å². The van der Waals surface area contributed by atoms with Gasteiger partial charge in [0.05, 0.1) is 5.60 Å². The molecular formula is C17H25NO2. The van der Waals surface area contributed by atoms with Crippen molar-refractivity contribution in [2.24, 2.45) is 5.92 Å². The molecule has 2 N–H and O–H groups in total. The number of carbonyl (C=O) groups is 1. The molecule has 0 saturated heterocycles. The van der Waals surface area contributed by atoms with Crippen LogP contribution in [-0.2, 0) is 0 Å². The zero-order valence-electron chi connectivity index (χ0n) is 12.7. The van der Waals surface area contributed by atoms with E-state index in [9.17, 15) is 9.90 Å². The largest absolute Gasteiger partial charge is 0.388 e. The number of aliphatic hydroxyl groups is 1. The maximum Gasteiger partial charge on any atom is 0.251 e. The molecule has 1 aliphatic rings. The van der Waals surface area contributed by atoms with E-state index in [-0.39, 0.29) is 5.91 Å². The Morgan fingerprint density at radius 1 is 1.40 bits per heavy atom. The van der Waals surface area contributed by atoms with Crippen LogP contribution in [0.4, 0.5) is 0 Å². The number of aryl methyl sites for hydroxylation is 2. The van der Waals surface area contributed by atoms with Crippen LogP contribution >= 0.6 is 0 Å². The number of nitrogens with one attached hydrogen (secondary N) is 1. The fourth-order valence-corrected chi connectivity index (χ4v) is 3.02. The number of rotatable bonds is 3. The number of benzene rings is 1. The van der Waals surface area contributed by atoms with Crippen LogP contribution in [0, 0.1) is 19.8 Å². The second kappa shape index (κ2) is 5.96. The first-order valence-corrected chi connectivity index (χ1v) is 7.47. The zero-order valence-corrected chi connectivity index (χ0v) is 12.7. The minimum absolute atomic E-state index is 0.0975. The molecule has 0 aromatic heterocycles. The molecule has 0 bridgehead atoms. The molecule has 1 saturated carbocycles. The lowest BCUT2D eigenvalue weighted by molar-refractivity contribution is -0.0109. The van der Waals surface area contributed by atoms with Crippen molar-refractivity contribution in [1.29, 1.82) is 0 Å². The molecule has 3 heteroatoms. The Balaban J connectivity index is 1.96. The Kier molecular flexibility index (Phi) is 4.48. The molecule has 20 heavy (non-hydrogen) atoms. The highest BCUT2D eigenvalue weighted by Crippen LogP contribution is 2.31. The molecule has 1 amide bonds. The maximum atomic E-state index is 12.2. The van der Waals surface area contributed by atoms with Gasteiger partial charge in [0, 0.05) is 12.1 Å². The van der Waals surface area contributed by atoms with E-state index in [1.54, 1.807) is 0 Å². The molecule has 2 atom stereocenters. The van der Waals surface area contributed by atoms with E-state index in [4.69, 9.17) is 0 Å². The summed E-state index contributed by atoms with van der Waals surface area (Å²) in [5, 5.41) is 13.4. The first-order valence-electron chi connectivity index (χ1n) is 7.47. The van der Waals surface area contributed by atoms with Gasteiger partial charge in [-0.05, 0) is 55.9 Å². The molecule has 0 aliphatic heterocycles. The summed E-state index contributed by atoms with van der Waals surface area (Å²) in [5.74, 6) is 0.437. The average molecular weight is 275 g/mol. The van der Waals surface area contributed by atoms with Gasteiger partial charge in [0.15, 0.2) is 0 Å². The maximum absolute atomic E-state index is 12.2. The molecule has 0 spiro atoms. The fraction of sp³-hybridized carbons (Fsp3) is 0.588. The second-order valence-corrected chi connectivity index (χ2v) is 6.41. The van der Waals surface area contributed by atoms with Crippen molar-refractivity contribution in [3.8, 4) is 0 Å². The summed E-state index contributed by atoms with van der Waals surface area (Å²) in [6.45, 7) is 6.55. The summed E-state index contributed by atoms with van der Waals surface area (Å²) >= 11 is 0. The Bertz CT molecular complexity index is 498. The minimum atomic E-state index is -0.729. The summed E-state index contributed by atoms with van der Waals surface area (Å²) in [6.07, 6.45) is 3.77. The number of hydrogen-bond acceptors (Lipinski definition) is 2. The Morgan fingerprint density at radius 2 is 2.15 bits per heavy atom. The lowest BCUT2D eigenvalue weighted by atomic mass is 9.79. The van der Waals surface area contributed by atoms with Gasteiger partial charge in [0.25, 0.3) is 5.91 Å². The average Bonchev–Trinajstić information content (AvgIpc) is 2.39. The van der Waals surface area contributed by atoms with Crippen LogP contribution < -0.4 is 5.32 Å². The van der Waals surface area contributed by atoms with Gasteiger partial charge in [0.2, 0.25) is 0 Å². The Hall–Kier alpha value is -1.35. The zero-order chi connectivity index (χ0) is 14.8. The predicted molar refractivity (Wildman–Crippen MR) is 80.8 cm³/mol. The van der Waals surface area contributed by atoms with Crippen LogP contribution in [0.25, 0.3) is 0 Å². The van der Waals surface area contributed by atoms with Crippen LogP contribution in [0.15, 0.2) is 18.2 Å². The smallest absolute Gasteiger partial charge is 0.251 e. The molecule has 0 heterocycles. The third kappa shape index (κ3) is 3.60. The highest BCUT2D eigenvalue weighted by molar-refractivity contribution is 5.94. The highest BCUT2D eigenvalue weighted by Gasteiger charge is 2.32. The SMILES string of the molecule is Cc1ccc(C(=O)NCC2(O)CCCC(C)C2)cc1C. The van der Waals surface area contributed by atoms with Crippen molar-refractivity contribution in [1.82, 2.24) is 5.32 Å². The van der Waals surface area contributed by atoms with Crippen molar-refractivity contribution in [3.63, 3.8) is 0 Å². The van der Waals surface area contributed by atoms with Crippen molar-refractivity contribution in [2.75, 3.05) is 6.54 Å². The predicted octanol–water partition coefficient (Wildman–Crippen LogP) is 2.97. The number of amides is 1. The highest BCUT2D eigenvalue weighted by atomic mass is 16.3. The van der Waals surface area contributed by atoms with Crippen molar-refractivity contribution in [3.05, 3.63) is 34.9 Å². The van der Waals surface area contributed by atoms with Crippen LogP contribution in [0.5, 0.6) is 0 Å². The van der Waals surface area contributed by atoms with E-state index in [0.717, 1.165) is 24.8 Å². The monoisotopic (exact) mass is 275 g/mol. The first kappa shape index (κ1) is 15.0. The lowest BCUT2D eigenvalue weighted by Crippen LogP contribution is -2.45. The van der Waals surface area contributed by atoms with Gasteiger partial charge < -0.3 is 10.4 Å². The van der Waals surface area contributed by atoms with Crippen LogP contribution in [-0.4, -0.2) is 23.2 Å². The van der Waals surface area contributed by atoms with Gasteiger partial charge in [-0.2, -0.15) is 0 Å². The summed E-state index contributed by atoms with van der Waals surface area (Å²) in [5.41, 5.74) is 2.23. The summed E-state index contributed by atoms with van der Waals surface area (Å²) in [7, 11) is 0. The number of hydrogen-bond donors (Lipinski definition) is 2. The van der Waals surface area contributed by atoms with Crippen molar-refractivity contribution < 1.29 is 9.90 Å². The van der Waals surface area contributed by atoms with Crippen LogP contribution in [0.3, 0.4) is 0 Å². The molecule has 0 radical (unpaired) electrons. The Morgan fingerprint density at radius 3 is 2.80 bits per heavy atom. The molecule has 2 rings (SSSR count). The quantitative estimate of drug-likeness (QED) is 0.891. The molecule has 2 unspecified atom stereocenters. The fourth-order valence-electron chi connectivity index (χ4n) is 3.02. The van der Waals surface area contributed by atoms with Gasteiger partial charge in [-0.1, -0.05) is 25.8 Å². The van der Waals surface area contributed by atoms with Crippen molar-refractivity contribution >= 4 is 5.91 Å². The van der Waals surface area contributed by atoms with E-state index < -0.39 is 5.60 Å². The topological polar surface area (TPSA) is 49.3 Å². The summed E-state index contributed by atoms with van der Waals surface area (Å²) in [4.78, 5) is 12.2. The standard InChI is InChI=1S/C17H25NO2/c1-12-5-4-8-17(20,10-12)11-18-16(19)15-7-6-13(2)14(3)9-15/h6-7,9,12,20H,4-5,8,10-11H2,1-3H3,(H,18,19). The van der Waals surface area contributed by atoms with E-state index >= 15 is 0 Å².